The van der Waals surface area contributed by atoms with Crippen LogP contribution < -0.4 is 4.90 Å². The molecule has 0 aliphatic carbocycles. The number of rotatable bonds is 3. The second kappa shape index (κ2) is 5.88. The molecule has 0 saturated carbocycles. The summed E-state index contributed by atoms with van der Waals surface area (Å²) in [6, 6.07) is 0. The van der Waals surface area contributed by atoms with E-state index in [0.29, 0.717) is 5.92 Å². The normalized spacial score (nSPS) is 29.3. The van der Waals surface area contributed by atoms with Crippen LogP contribution in [0.5, 0.6) is 0 Å². The molecule has 118 valence electrons. The predicted molar refractivity (Wildman–Crippen MR) is 89.6 cm³/mol. The number of ether oxygens (including phenoxy) is 1. The monoisotopic (exact) mass is 412 g/mol. The number of hydrogen-bond acceptors (Lipinski definition) is 2. The number of halogens is 2. The number of hydrogen-bond donors (Lipinski definition) is 1. The summed E-state index contributed by atoms with van der Waals surface area (Å²) in [5.41, 5.74) is -0.0945. The van der Waals surface area contributed by atoms with E-state index in [1.54, 1.807) is 4.90 Å². The van der Waals surface area contributed by atoms with E-state index in [9.17, 15) is 4.79 Å². The first-order valence-corrected chi connectivity index (χ1v) is 8.98. The van der Waals surface area contributed by atoms with Gasteiger partial charge in [0.2, 0.25) is 0 Å². The highest BCUT2D eigenvalue weighted by molar-refractivity contribution is 9.25. The number of quaternary nitrogens is 1. The van der Waals surface area contributed by atoms with E-state index in [2.05, 4.69) is 66.6 Å². The van der Waals surface area contributed by atoms with Crippen LogP contribution in [0, 0.1) is 5.92 Å². The van der Waals surface area contributed by atoms with E-state index >= 15 is 0 Å². The van der Waals surface area contributed by atoms with Crippen molar-refractivity contribution in [2.24, 2.45) is 5.92 Å². The summed E-state index contributed by atoms with van der Waals surface area (Å²) in [4.78, 5) is 13.4. The van der Waals surface area contributed by atoms with Crippen molar-refractivity contribution < 1.29 is 14.4 Å². The van der Waals surface area contributed by atoms with Gasteiger partial charge in [0.1, 0.15) is 5.60 Å². The Bertz CT molecular complexity index is 360. The Kier molecular flexibility index (Phi) is 5.42. The summed E-state index contributed by atoms with van der Waals surface area (Å²) in [6.07, 6.45) is 2.11. The lowest BCUT2D eigenvalue weighted by Crippen LogP contribution is -3.24. The van der Waals surface area contributed by atoms with Gasteiger partial charge in [0.15, 0.2) is 3.74 Å². The number of alkyl halides is 2. The maximum absolute atomic E-state index is 11.9. The third kappa shape index (κ3) is 3.98. The largest absolute Gasteiger partial charge is 0.458 e. The maximum Gasteiger partial charge on any atom is 0.331 e. The molecule has 1 N–H and O–H groups in total. The summed E-state index contributed by atoms with van der Waals surface area (Å²) < 4.78 is 5.28. The fourth-order valence-electron chi connectivity index (χ4n) is 3.41. The molecule has 0 aromatic rings. The molecule has 0 radical (unpaired) electrons. The van der Waals surface area contributed by atoms with Crippen LogP contribution in [0.3, 0.4) is 0 Å². The van der Waals surface area contributed by atoms with E-state index in [1.807, 2.05) is 13.8 Å². The number of piperidine rings is 1. The molecule has 20 heavy (non-hydrogen) atoms. The summed E-state index contributed by atoms with van der Waals surface area (Å²) in [6.45, 7) is 13.3. The molecule has 1 aliphatic rings. The Morgan fingerprint density at radius 2 is 1.60 bits per heavy atom. The fourth-order valence-corrected chi connectivity index (χ4v) is 3.59. The van der Waals surface area contributed by atoms with Crippen molar-refractivity contribution in [2.45, 2.75) is 74.8 Å². The standard InChI is InChI=1S/C15H27Br2NO2/c1-13(2)8-10(9-14(3,4)18(13)7)15(5,6)20-12(19)11(16)17/h10-11H,8-9H2,1-7H3/p+1. The average Bonchev–Trinajstić information content (AvgIpc) is 2.24. The van der Waals surface area contributed by atoms with Crippen LogP contribution in [-0.4, -0.2) is 33.4 Å². The summed E-state index contributed by atoms with van der Waals surface area (Å²) in [5.74, 6) is 0.107. The first kappa shape index (κ1) is 18.4. The second-order valence-corrected chi connectivity index (χ2v) is 10.9. The molecule has 1 rings (SSSR count). The number of esters is 1. The minimum absolute atomic E-state index is 0.179. The van der Waals surface area contributed by atoms with Crippen molar-refractivity contribution >= 4 is 37.8 Å². The molecule has 0 bridgehead atoms. The van der Waals surface area contributed by atoms with Crippen molar-refractivity contribution in [3.63, 3.8) is 0 Å². The van der Waals surface area contributed by atoms with Crippen molar-refractivity contribution in [1.82, 2.24) is 0 Å². The highest BCUT2D eigenvalue weighted by Gasteiger charge is 2.51. The van der Waals surface area contributed by atoms with Gasteiger partial charge >= 0.3 is 5.97 Å². The molecule has 5 heteroatoms. The molecule has 1 fully saturated rings. The van der Waals surface area contributed by atoms with Crippen LogP contribution >= 0.6 is 31.9 Å². The second-order valence-electron chi connectivity index (χ2n) is 7.82. The fraction of sp³-hybridized carbons (Fsp3) is 0.933. The Hall–Kier alpha value is 0.390. The Morgan fingerprint density at radius 1 is 1.20 bits per heavy atom. The Morgan fingerprint density at radius 3 is 1.95 bits per heavy atom. The van der Waals surface area contributed by atoms with E-state index in [4.69, 9.17) is 4.74 Å². The quantitative estimate of drug-likeness (QED) is 0.569. The molecule has 0 atom stereocenters. The highest BCUT2D eigenvalue weighted by Crippen LogP contribution is 2.38. The van der Waals surface area contributed by atoms with E-state index < -0.39 is 9.34 Å². The third-order valence-corrected chi connectivity index (χ3v) is 5.82. The molecule has 0 amide bonds. The number of carbonyl (C=O) groups excluding carboxylic acids is 1. The predicted octanol–water partition coefficient (Wildman–Crippen LogP) is 2.91. The van der Waals surface area contributed by atoms with Crippen LogP contribution in [-0.2, 0) is 9.53 Å². The van der Waals surface area contributed by atoms with Gasteiger partial charge in [-0.25, -0.2) is 4.79 Å². The first-order chi connectivity index (χ1) is 8.79. The summed E-state index contributed by atoms with van der Waals surface area (Å²) in [7, 11) is 2.27. The summed E-state index contributed by atoms with van der Waals surface area (Å²) >= 11 is 6.42. The van der Waals surface area contributed by atoms with Gasteiger partial charge < -0.3 is 9.64 Å². The minimum atomic E-state index is -0.452. The average molecular weight is 414 g/mol. The van der Waals surface area contributed by atoms with Gasteiger partial charge in [0.25, 0.3) is 0 Å². The van der Waals surface area contributed by atoms with Crippen LogP contribution in [0.2, 0.25) is 0 Å². The van der Waals surface area contributed by atoms with Crippen molar-refractivity contribution in [1.29, 1.82) is 0 Å². The molecule has 0 spiro atoms. The lowest BCUT2D eigenvalue weighted by atomic mass is 9.68. The Labute approximate surface area is 140 Å². The molecule has 1 heterocycles. The van der Waals surface area contributed by atoms with E-state index in [-0.39, 0.29) is 17.0 Å². The zero-order valence-corrected chi connectivity index (χ0v) is 16.8. The van der Waals surface area contributed by atoms with Gasteiger partial charge in [-0.3, -0.25) is 0 Å². The lowest BCUT2D eigenvalue weighted by Gasteiger charge is -2.53. The number of carbonyl (C=O) groups is 1. The zero-order valence-electron chi connectivity index (χ0n) is 13.6. The van der Waals surface area contributed by atoms with Crippen LogP contribution in [0.4, 0.5) is 0 Å². The van der Waals surface area contributed by atoms with Crippen molar-refractivity contribution in [2.75, 3.05) is 7.05 Å². The van der Waals surface area contributed by atoms with Gasteiger partial charge in [-0.15, -0.1) is 0 Å². The molecule has 1 saturated heterocycles. The van der Waals surface area contributed by atoms with Gasteiger partial charge in [0, 0.05) is 18.8 Å². The zero-order chi connectivity index (χ0) is 15.9. The van der Waals surface area contributed by atoms with Gasteiger partial charge in [0.05, 0.1) is 18.1 Å². The molecular formula is C15H28Br2NO2+. The van der Waals surface area contributed by atoms with E-state index in [0.717, 1.165) is 12.8 Å². The van der Waals surface area contributed by atoms with E-state index in [1.165, 1.54) is 0 Å². The van der Waals surface area contributed by atoms with Gasteiger partial charge in [-0.2, -0.15) is 0 Å². The molecule has 0 unspecified atom stereocenters. The minimum Gasteiger partial charge on any atom is -0.458 e. The molecule has 0 aromatic heterocycles. The third-order valence-electron chi connectivity index (χ3n) is 5.07. The summed E-state index contributed by atoms with van der Waals surface area (Å²) in [5, 5.41) is 0. The van der Waals surface area contributed by atoms with Crippen molar-refractivity contribution in [3.05, 3.63) is 0 Å². The Balaban J connectivity index is 2.93. The topological polar surface area (TPSA) is 30.7 Å². The maximum atomic E-state index is 11.9. The molecular weight excluding hydrogens is 386 g/mol. The molecule has 3 nitrogen and oxygen atoms in total. The van der Waals surface area contributed by atoms with Crippen LogP contribution in [0.15, 0.2) is 0 Å². The first-order valence-electron chi connectivity index (χ1n) is 7.15. The SMILES string of the molecule is C[NH+]1C(C)(C)CC(C(C)(C)OC(=O)C(Br)Br)CC1(C)C. The molecule has 0 aromatic carbocycles. The van der Waals surface area contributed by atoms with Crippen LogP contribution in [0.1, 0.15) is 54.4 Å². The van der Waals surface area contributed by atoms with Crippen molar-refractivity contribution in [3.8, 4) is 0 Å². The van der Waals surface area contributed by atoms with Gasteiger partial charge in [-0.1, -0.05) is 31.9 Å². The lowest BCUT2D eigenvalue weighted by molar-refractivity contribution is -0.984. The molecule has 1 aliphatic heterocycles. The smallest absolute Gasteiger partial charge is 0.331 e. The number of nitrogens with one attached hydrogen (secondary N) is 1. The van der Waals surface area contributed by atoms with Crippen LogP contribution in [0.25, 0.3) is 0 Å². The van der Waals surface area contributed by atoms with Gasteiger partial charge in [-0.05, 0) is 41.5 Å². The number of likely N-dealkylation sites (tertiary alicyclic amines) is 1. The highest BCUT2D eigenvalue weighted by atomic mass is 79.9.